The molecule has 220 valence electrons. The summed E-state index contributed by atoms with van der Waals surface area (Å²) < 4.78 is 6.06. The zero-order valence-electron chi connectivity index (χ0n) is 21.2. The SMILES string of the molecule is C[Si](C)(CCCNC(=O)[C@H](O)[C@@H](O)[C@H](O)[C@H](O)CO)O[SiH2]CCCNC(=O)[C@H](O)[C@@H](O)[C@H](O)[C@H](O)CO. The van der Waals surface area contributed by atoms with Crippen LogP contribution in [0.15, 0.2) is 0 Å². The summed E-state index contributed by atoms with van der Waals surface area (Å²) in [5, 5.41) is 99.0. The first kappa shape index (κ1) is 35.9. The third kappa shape index (κ3) is 13.5. The van der Waals surface area contributed by atoms with Crippen LogP contribution in [-0.4, -0.2) is 156 Å². The van der Waals surface area contributed by atoms with Crippen LogP contribution in [0.1, 0.15) is 12.8 Å². The average Bonchev–Trinajstić information content (AvgIpc) is 2.88. The number of hydrogen-bond acceptors (Lipinski definition) is 13. The van der Waals surface area contributed by atoms with E-state index in [4.69, 9.17) is 14.3 Å². The lowest BCUT2D eigenvalue weighted by Crippen LogP contribution is -2.51. The summed E-state index contributed by atoms with van der Waals surface area (Å²) in [5.41, 5.74) is 0. The average molecular weight is 577 g/mol. The summed E-state index contributed by atoms with van der Waals surface area (Å²) in [6.45, 7) is 2.69. The maximum atomic E-state index is 11.9. The highest BCUT2D eigenvalue weighted by Gasteiger charge is 2.35. The van der Waals surface area contributed by atoms with Crippen molar-refractivity contribution in [3.63, 3.8) is 0 Å². The fraction of sp³-hybridized carbons (Fsp3) is 0.900. The van der Waals surface area contributed by atoms with E-state index in [-0.39, 0.29) is 13.1 Å². The molecule has 8 atom stereocenters. The van der Waals surface area contributed by atoms with E-state index in [1.807, 2.05) is 13.1 Å². The van der Waals surface area contributed by atoms with Gasteiger partial charge < -0.3 is 65.8 Å². The number of aliphatic hydroxyl groups excluding tert-OH is 10. The quantitative estimate of drug-likeness (QED) is 0.0475. The summed E-state index contributed by atoms with van der Waals surface area (Å²) in [7, 11) is -2.97. The van der Waals surface area contributed by atoms with Gasteiger partial charge in [-0.2, -0.15) is 0 Å². The molecule has 37 heavy (non-hydrogen) atoms. The molecule has 0 spiro atoms. The Hall–Kier alpha value is -1.07. The van der Waals surface area contributed by atoms with Crippen molar-refractivity contribution < 1.29 is 64.8 Å². The zero-order valence-corrected chi connectivity index (χ0v) is 23.6. The largest absolute Gasteiger partial charge is 0.460 e. The first-order valence-corrected chi connectivity index (χ1v) is 16.7. The highest BCUT2D eigenvalue weighted by Crippen LogP contribution is 2.14. The van der Waals surface area contributed by atoms with Crippen LogP contribution in [0.25, 0.3) is 0 Å². The summed E-state index contributed by atoms with van der Waals surface area (Å²) >= 11 is 0. The molecule has 0 saturated carbocycles. The Kier molecular flexibility index (Phi) is 17.7. The minimum atomic E-state index is -2.04. The Morgan fingerprint density at radius 1 is 0.730 bits per heavy atom. The van der Waals surface area contributed by atoms with Gasteiger partial charge in [-0.1, -0.05) is 0 Å². The van der Waals surface area contributed by atoms with Gasteiger partial charge in [-0.05, 0) is 38.0 Å². The second-order valence-corrected chi connectivity index (χ2v) is 15.6. The van der Waals surface area contributed by atoms with Crippen LogP contribution in [0.5, 0.6) is 0 Å². The second kappa shape index (κ2) is 18.3. The molecule has 0 fully saturated rings. The van der Waals surface area contributed by atoms with Crippen LogP contribution in [0.2, 0.25) is 25.2 Å². The third-order valence-corrected chi connectivity index (χ3v) is 12.0. The molecule has 0 rings (SSSR count). The molecule has 0 aliphatic rings. The Labute approximate surface area is 218 Å². The van der Waals surface area contributed by atoms with Crippen LogP contribution < -0.4 is 10.6 Å². The van der Waals surface area contributed by atoms with Crippen LogP contribution in [0.3, 0.4) is 0 Å². The predicted octanol–water partition coefficient (Wildman–Crippen LogP) is -6.41. The number of carbonyl (C=O) groups is 2. The molecule has 0 aromatic rings. The van der Waals surface area contributed by atoms with Crippen LogP contribution in [-0.2, 0) is 13.7 Å². The lowest BCUT2D eigenvalue weighted by Gasteiger charge is -2.26. The minimum absolute atomic E-state index is 0.187. The van der Waals surface area contributed by atoms with Crippen LogP contribution in [0, 0.1) is 0 Å². The number of nitrogens with one attached hydrogen (secondary N) is 2. The molecule has 0 aromatic heterocycles. The van der Waals surface area contributed by atoms with E-state index in [0.29, 0.717) is 24.9 Å². The van der Waals surface area contributed by atoms with E-state index in [0.717, 1.165) is 0 Å². The Balaban J connectivity index is 4.14. The summed E-state index contributed by atoms with van der Waals surface area (Å²) in [5.74, 6) is -1.85. The lowest BCUT2D eigenvalue weighted by molar-refractivity contribution is -0.149. The Morgan fingerprint density at radius 2 is 1.14 bits per heavy atom. The van der Waals surface area contributed by atoms with Crippen LogP contribution in [0.4, 0.5) is 0 Å². The van der Waals surface area contributed by atoms with Gasteiger partial charge >= 0.3 is 0 Å². The van der Waals surface area contributed by atoms with Gasteiger partial charge in [0.15, 0.2) is 20.5 Å². The van der Waals surface area contributed by atoms with Gasteiger partial charge in [-0.25, -0.2) is 0 Å². The van der Waals surface area contributed by atoms with Gasteiger partial charge in [0.1, 0.15) is 46.4 Å². The van der Waals surface area contributed by atoms with Gasteiger partial charge in [-0.15, -0.1) is 0 Å². The number of aliphatic hydroxyl groups is 10. The molecular weight excluding hydrogens is 532 g/mol. The van der Waals surface area contributed by atoms with Crippen molar-refractivity contribution in [3.8, 4) is 0 Å². The number of amides is 2. The van der Waals surface area contributed by atoms with E-state index in [9.17, 15) is 50.4 Å². The van der Waals surface area contributed by atoms with Gasteiger partial charge in [0.25, 0.3) is 11.8 Å². The van der Waals surface area contributed by atoms with Gasteiger partial charge in [0, 0.05) is 13.1 Å². The predicted molar refractivity (Wildman–Crippen MR) is 134 cm³/mol. The Bertz CT molecular complexity index is 664. The van der Waals surface area contributed by atoms with E-state index in [1.54, 1.807) is 0 Å². The minimum Gasteiger partial charge on any atom is -0.460 e. The maximum Gasteiger partial charge on any atom is 0.251 e. The molecule has 17 heteroatoms. The molecule has 0 saturated heterocycles. The second-order valence-electron chi connectivity index (χ2n) is 9.35. The highest BCUT2D eigenvalue weighted by molar-refractivity contribution is 6.75. The normalized spacial score (nSPS) is 19.0. The fourth-order valence-corrected chi connectivity index (χ4v) is 8.00. The van der Waals surface area contributed by atoms with Crippen molar-refractivity contribution in [2.75, 3.05) is 26.3 Å². The maximum absolute atomic E-state index is 11.9. The molecular formula is C20H44N2O13Si2. The molecule has 0 heterocycles. The summed E-state index contributed by atoms with van der Waals surface area (Å²) in [6, 6.07) is 1.40. The van der Waals surface area contributed by atoms with E-state index in [1.165, 1.54) is 0 Å². The molecule has 2 amide bonds. The van der Waals surface area contributed by atoms with Crippen molar-refractivity contribution in [1.82, 2.24) is 10.6 Å². The monoisotopic (exact) mass is 576 g/mol. The van der Waals surface area contributed by atoms with Crippen molar-refractivity contribution >= 4 is 29.9 Å². The number of carbonyl (C=O) groups excluding carboxylic acids is 2. The first-order valence-electron chi connectivity index (χ1n) is 12.1. The van der Waals surface area contributed by atoms with E-state index < -0.39 is 91.9 Å². The lowest BCUT2D eigenvalue weighted by atomic mass is 10.0. The molecule has 12 N–H and O–H groups in total. The topological polar surface area (TPSA) is 270 Å². The molecule has 15 nitrogen and oxygen atoms in total. The van der Waals surface area contributed by atoms with Gasteiger partial charge in [-0.3, -0.25) is 9.59 Å². The smallest absolute Gasteiger partial charge is 0.251 e. The fourth-order valence-electron chi connectivity index (χ4n) is 3.15. The van der Waals surface area contributed by atoms with Crippen LogP contribution >= 0.6 is 0 Å². The molecule has 0 bridgehead atoms. The highest BCUT2D eigenvalue weighted by atomic mass is 28.4. The molecule has 0 aliphatic heterocycles. The molecule has 0 aromatic carbocycles. The van der Waals surface area contributed by atoms with E-state index >= 15 is 0 Å². The molecule has 0 unspecified atom stereocenters. The van der Waals surface area contributed by atoms with Crippen molar-refractivity contribution in [2.45, 2.75) is 86.9 Å². The van der Waals surface area contributed by atoms with Gasteiger partial charge in [0.2, 0.25) is 0 Å². The van der Waals surface area contributed by atoms with Crippen molar-refractivity contribution in [3.05, 3.63) is 0 Å². The molecule has 0 radical (unpaired) electrons. The summed E-state index contributed by atoms with van der Waals surface area (Å²) in [6.07, 6.45) is -14.0. The third-order valence-electron chi connectivity index (χ3n) is 5.66. The van der Waals surface area contributed by atoms with Crippen molar-refractivity contribution in [2.24, 2.45) is 0 Å². The summed E-state index contributed by atoms with van der Waals surface area (Å²) in [4.78, 5) is 23.8. The first-order chi connectivity index (χ1) is 17.2. The van der Waals surface area contributed by atoms with E-state index in [2.05, 4.69) is 10.6 Å². The molecule has 0 aliphatic carbocycles. The van der Waals surface area contributed by atoms with Gasteiger partial charge in [0.05, 0.1) is 13.2 Å². The van der Waals surface area contributed by atoms with Crippen molar-refractivity contribution in [1.29, 1.82) is 0 Å². The number of hydrogen-bond donors (Lipinski definition) is 12. The standard InChI is InChI=1S/C20H44N2O13Si2/c1-37(2,8-4-6-22-20(34)18(32)16(30)14(28)12(26)10-24)35-36-7-3-5-21-19(33)17(31)15(29)13(27)11(25)9-23/h11-18,23-32H,3-10,36H2,1-2H3,(H,21,33)(H,22,34)/t11-,12-,13-,14-,15+,16+,17-,18-/m1/s1. The number of rotatable bonds is 20. The zero-order chi connectivity index (χ0) is 28.8. The Morgan fingerprint density at radius 3 is 1.54 bits per heavy atom.